The van der Waals surface area contributed by atoms with Crippen LogP contribution in [0, 0.1) is 0 Å². The van der Waals surface area contributed by atoms with E-state index in [1.807, 2.05) is 31.2 Å². The Kier molecular flexibility index (Phi) is 7.15. The van der Waals surface area contributed by atoms with E-state index in [4.69, 9.17) is 4.74 Å². The third-order valence-corrected chi connectivity index (χ3v) is 3.04. The molecule has 1 aliphatic heterocycles. The molecule has 1 saturated heterocycles. The van der Waals surface area contributed by atoms with Gasteiger partial charge in [-0.15, -0.1) is 0 Å². The number of ether oxygens (including phenoxy) is 1. The van der Waals surface area contributed by atoms with Crippen LogP contribution in [0.2, 0.25) is 0 Å². The Morgan fingerprint density at radius 1 is 1.21 bits per heavy atom. The molecule has 0 unspecified atom stereocenters. The van der Waals surface area contributed by atoms with Gasteiger partial charge in [0, 0.05) is 30.8 Å². The van der Waals surface area contributed by atoms with E-state index in [0.29, 0.717) is 6.42 Å². The summed E-state index contributed by atoms with van der Waals surface area (Å²) in [6.45, 7) is 5.47. The number of benzene rings is 1. The quantitative estimate of drug-likeness (QED) is 0.846. The van der Waals surface area contributed by atoms with Gasteiger partial charge in [0.05, 0.1) is 13.2 Å². The average Bonchev–Trinajstić information content (AvgIpc) is 2.51. The summed E-state index contributed by atoms with van der Waals surface area (Å²) in [4.78, 5) is 14.0. The fourth-order valence-corrected chi connectivity index (χ4v) is 2.05. The highest BCUT2D eigenvalue weighted by Gasteiger charge is 2.11. The van der Waals surface area contributed by atoms with Gasteiger partial charge in [0.2, 0.25) is 0 Å². The minimum absolute atomic E-state index is 0.237. The van der Waals surface area contributed by atoms with Gasteiger partial charge < -0.3 is 15.4 Å². The molecule has 1 aromatic rings. The zero-order valence-electron chi connectivity index (χ0n) is 11.9. The number of ketones is 1. The molecule has 4 nitrogen and oxygen atoms in total. The van der Waals surface area contributed by atoms with E-state index in [0.717, 1.165) is 38.3 Å². The molecule has 1 heterocycles. The van der Waals surface area contributed by atoms with Crippen molar-refractivity contribution in [2.24, 2.45) is 5.73 Å². The van der Waals surface area contributed by atoms with Gasteiger partial charge in [-0.25, -0.2) is 0 Å². The summed E-state index contributed by atoms with van der Waals surface area (Å²) in [5.74, 6) is 0.237. The normalized spacial score (nSPS) is 14.6. The zero-order valence-corrected chi connectivity index (χ0v) is 11.9. The van der Waals surface area contributed by atoms with Crippen LogP contribution in [-0.2, 0) is 4.74 Å². The van der Waals surface area contributed by atoms with Crippen molar-refractivity contribution >= 4 is 11.5 Å². The molecule has 0 spiro atoms. The molecular formula is C15H24N2O2. The molecule has 0 aliphatic carbocycles. The van der Waals surface area contributed by atoms with E-state index in [9.17, 15) is 4.79 Å². The van der Waals surface area contributed by atoms with Crippen LogP contribution in [0.15, 0.2) is 24.3 Å². The smallest absolute Gasteiger partial charge is 0.162 e. The second kappa shape index (κ2) is 8.67. The van der Waals surface area contributed by atoms with Crippen molar-refractivity contribution in [1.82, 2.24) is 0 Å². The fourth-order valence-electron chi connectivity index (χ4n) is 2.05. The molecule has 0 atom stereocenters. The molecule has 0 amide bonds. The number of carbonyl (C=O) groups is 1. The summed E-state index contributed by atoms with van der Waals surface area (Å²) >= 11 is 0. The first-order valence-electron chi connectivity index (χ1n) is 6.85. The number of nitrogens with zero attached hydrogens (tertiary/aromatic N) is 1. The van der Waals surface area contributed by atoms with Crippen molar-refractivity contribution in [2.45, 2.75) is 19.8 Å². The molecule has 2 rings (SSSR count). The summed E-state index contributed by atoms with van der Waals surface area (Å²) in [6.07, 6.45) is 1.54. The highest BCUT2D eigenvalue weighted by Crippen LogP contribution is 2.17. The van der Waals surface area contributed by atoms with Gasteiger partial charge >= 0.3 is 0 Å². The van der Waals surface area contributed by atoms with Crippen molar-refractivity contribution < 1.29 is 9.53 Å². The molecule has 0 aromatic heterocycles. The van der Waals surface area contributed by atoms with Crippen LogP contribution in [0.4, 0.5) is 5.69 Å². The highest BCUT2D eigenvalue weighted by atomic mass is 16.5. The van der Waals surface area contributed by atoms with Gasteiger partial charge in [0.25, 0.3) is 0 Å². The lowest BCUT2D eigenvalue weighted by molar-refractivity contribution is 0.0981. The molecule has 106 valence electrons. The maximum atomic E-state index is 11.7. The number of carbonyl (C=O) groups excluding carboxylic acids is 1. The topological polar surface area (TPSA) is 55.6 Å². The third kappa shape index (κ3) is 4.65. The monoisotopic (exact) mass is 264 g/mol. The Morgan fingerprint density at radius 2 is 1.79 bits per heavy atom. The van der Waals surface area contributed by atoms with E-state index < -0.39 is 0 Å². The molecule has 0 radical (unpaired) electrons. The first kappa shape index (κ1) is 15.7. The second-order valence-corrected chi connectivity index (χ2v) is 4.32. The SMILES string of the molecule is CCCC(=O)c1ccc(N2CCOCC2)cc1.CN. The van der Waals surface area contributed by atoms with Gasteiger partial charge in [-0.1, -0.05) is 6.92 Å². The van der Waals surface area contributed by atoms with E-state index >= 15 is 0 Å². The number of anilines is 1. The summed E-state index contributed by atoms with van der Waals surface area (Å²) in [6, 6.07) is 7.94. The number of nitrogens with two attached hydrogens (primary N) is 1. The largest absolute Gasteiger partial charge is 0.378 e. The Labute approximate surface area is 115 Å². The number of morpholine rings is 1. The molecule has 0 saturated carbocycles. The molecule has 19 heavy (non-hydrogen) atoms. The molecular weight excluding hydrogens is 240 g/mol. The minimum Gasteiger partial charge on any atom is -0.378 e. The van der Waals surface area contributed by atoms with Gasteiger partial charge in [0.15, 0.2) is 5.78 Å². The lowest BCUT2D eigenvalue weighted by Crippen LogP contribution is -2.36. The fraction of sp³-hybridized carbons (Fsp3) is 0.533. The minimum atomic E-state index is 0.237. The van der Waals surface area contributed by atoms with Crippen LogP contribution >= 0.6 is 0 Å². The predicted octanol–water partition coefficient (Wildman–Crippen LogP) is 2.08. The van der Waals surface area contributed by atoms with Crippen molar-refractivity contribution in [1.29, 1.82) is 0 Å². The van der Waals surface area contributed by atoms with Crippen LogP contribution in [0.5, 0.6) is 0 Å². The Morgan fingerprint density at radius 3 is 2.32 bits per heavy atom. The first-order chi connectivity index (χ1) is 9.31. The Hall–Kier alpha value is -1.39. The number of hydrogen-bond acceptors (Lipinski definition) is 4. The highest BCUT2D eigenvalue weighted by molar-refractivity contribution is 5.96. The Bertz CT molecular complexity index is 370. The van der Waals surface area contributed by atoms with E-state index in [-0.39, 0.29) is 5.78 Å². The van der Waals surface area contributed by atoms with Crippen LogP contribution in [0.3, 0.4) is 0 Å². The summed E-state index contributed by atoms with van der Waals surface area (Å²) < 4.78 is 5.32. The van der Waals surface area contributed by atoms with Crippen molar-refractivity contribution in [3.63, 3.8) is 0 Å². The summed E-state index contributed by atoms with van der Waals surface area (Å²) in [5, 5.41) is 0. The number of hydrogen-bond donors (Lipinski definition) is 1. The molecule has 4 heteroatoms. The van der Waals surface area contributed by atoms with Gasteiger partial charge in [-0.05, 0) is 37.7 Å². The van der Waals surface area contributed by atoms with Crippen molar-refractivity contribution in [3.8, 4) is 0 Å². The van der Waals surface area contributed by atoms with Gasteiger partial charge in [-0.2, -0.15) is 0 Å². The van der Waals surface area contributed by atoms with Gasteiger partial charge in [-0.3, -0.25) is 4.79 Å². The lowest BCUT2D eigenvalue weighted by atomic mass is 10.1. The first-order valence-corrected chi connectivity index (χ1v) is 6.85. The number of Topliss-reactive ketones (excluding diaryl/α,β-unsaturated/α-hetero) is 1. The number of rotatable bonds is 4. The molecule has 0 bridgehead atoms. The molecule has 1 aliphatic rings. The Balaban J connectivity index is 0.000000861. The summed E-state index contributed by atoms with van der Waals surface area (Å²) in [5.41, 5.74) is 6.50. The van der Waals surface area contributed by atoms with Crippen LogP contribution in [-0.4, -0.2) is 39.1 Å². The average molecular weight is 264 g/mol. The van der Waals surface area contributed by atoms with Gasteiger partial charge in [0.1, 0.15) is 0 Å². The van der Waals surface area contributed by atoms with Crippen LogP contribution < -0.4 is 10.6 Å². The maximum Gasteiger partial charge on any atom is 0.162 e. The maximum absolute atomic E-state index is 11.7. The lowest BCUT2D eigenvalue weighted by Gasteiger charge is -2.28. The zero-order chi connectivity index (χ0) is 14.1. The van der Waals surface area contributed by atoms with E-state index in [2.05, 4.69) is 10.6 Å². The summed E-state index contributed by atoms with van der Waals surface area (Å²) in [7, 11) is 1.50. The molecule has 1 fully saturated rings. The molecule has 1 aromatic carbocycles. The predicted molar refractivity (Wildman–Crippen MR) is 78.8 cm³/mol. The molecule has 2 N–H and O–H groups in total. The third-order valence-electron chi connectivity index (χ3n) is 3.04. The van der Waals surface area contributed by atoms with Crippen molar-refractivity contribution in [2.75, 3.05) is 38.3 Å². The second-order valence-electron chi connectivity index (χ2n) is 4.32. The van der Waals surface area contributed by atoms with E-state index in [1.165, 1.54) is 12.7 Å². The van der Waals surface area contributed by atoms with Crippen LogP contribution in [0.1, 0.15) is 30.1 Å². The van der Waals surface area contributed by atoms with Crippen molar-refractivity contribution in [3.05, 3.63) is 29.8 Å². The standard InChI is InChI=1S/C14H19NO2.CH5N/c1-2-3-14(16)12-4-6-13(7-5-12)15-8-10-17-11-9-15;1-2/h4-7H,2-3,8-11H2,1H3;2H2,1H3. The van der Waals surface area contributed by atoms with E-state index in [1.54, 1.807) is 0 Å². The van der Waals surface area contributed by atoms with Crippen LogP contribution in [0.25, 0.3) is 0 Å².